The van der Waals surface area contributed by atoms with E-state index in [1.807, 2.05) is 137 Å². The molecule has 13 heterocycles. The maximum atomic E-state index is 14.2. The second-order valence-corrected chi connectivity index (χ2v) is 34.6. The van der Waals surface area contributed by atoms with Gasteiger partial charge in [-0.3, -0.25) is 19.2 Å². The molecule has 0 spiro atoms. The Hall–Kier alpha value is -14.8. The van der Waals surface area contributed by atoms with Gasteiger partial charge in [-0.2, -0.15) is 38.5 Å². The quantitative estimate of drug-likeness (QED) is 0.0227. The van der Waals surface area contributed by atoms with Gasteiger partial charge in [-0.15, -0.1) is 0 Å². The van der Waals surface area contributed by atoms with Crippen LogP contribution < -0.4 is 82.7 Å². The number of carbonyl (C=O) groups excluding carboxylic acids is 4. The molecular weight excluding hydrogens is 1720 g/mol. The number of hydrogen-bond acceptors (Lipinski definition) is 24. The van der Waals surface area contributed by atoms with Gasteiger partial charge in [0, 0.05) is 130 Å². The molecule has 4 amide bonds. The normalized spacial score (nSPS) is 17.9. The second kappa shape index (κ2) is 37.6. The van der Waals surface area contributed by atoms with Crippen LogP contribution in [-0.4, -0.2) is 133 Å². The summed E-state index contributed by atoms with van der Waals surface area (Å²) in [4.78, 5) is 66.1. The molecule has 4 aromatic carbocycles. The van der Waals surface area contributed by atoms with Crippen molar-refractivity contribution in [2.45, 2.75) is 160 Å². The van der Waals surface area contributed by atoms with E-state index in [9.17, 15) is 23.6 Å². The van der Waals surface area contributed by atoms with Gasteiger partial charge >= 0.3 is 0 Å². The van der Waals surface area contributed by atoms with Gasteiger partial charge < -0.3 is 82.7 Å². The van der Waals surface area contributed by atoms with Crippen molar-refractivity contribution in [2.75, 3.05) is 62.9 Å². The highest BCUT2D eigenvalue weighted by Crippen LogP contribution is 2.38. The number of allylic oxidation sites excluding steroid dienone is 4. The molecule has 4 saturated heterocycles. The molecular formula is C96H100BrFN24O8. The third kappa shape index (κ3) is 21.0. The first-order chi connectivity index (χ1) is 63.0. The number of aromatic nitrogens is 12. The second-order valence-electron chi connectivity index (χ2n) is 33.7. The average molecular weight is 1820 g/mol. The molecule has 1 atom stereocenters. The van der Waals surface area contributed by atoms with E-state index in [-0.39, 0.29) is 48.0 Å². The number of ether oxygens (including phenoxy) is 4. The summed E-state index contributed by atoms with van der Waals surface area (Å²) in [5.74, 6) is 9.08. The molecule has 666 valence electrons. The Morgan fingerprint density at radius 3 is 1.26 bits per heavy atom. The van der Waals surface area contributed by atoms with E-state index < -0.39 is 0 Å². The Balaban J connectivity index is 0.000000117. The van der Waals surface area contributed by atoms with E-state index in [0.717, 1.165) is 194 Å². The van der Waals surface area contributed by atoms with Crippen molar-refractivity contribution >= 4 is 133 Å². The SMILES string of the molecule is C=C1NC(=O)C/C1=C\c1cnn2c(NC3CC3)cc(NCc3ccc(Br)cc3F)nc12.C=C1NC(=O)C/C1=C\c1cnn2c(NC3CC3)cc(NCc3ccc4c(c3)OCCCO4)nc12.C=C1NC(=O)C/C1=C\c1cnn2c(NC3CC3)cc(NCc3cccc(OC(C)C)c3)nc12.C=C1NC(=O)C/C1=C\c1cnn2c(NC3CC3)cc(N[C@@H](C)c3cccc(OC)c3)nc12. The Morgan fingerprint density at radius 1 is 0.469 bits per heavy atom. The molecule has 8 aromatic heterocycles. The fourth-order valence-corrected chi connectivity index (χ4v) is 15.5. The van der Waals surface area contributed by atoms with Gasteiger partial charge in [-0.25, -0.2) is 24.3 Å². The van der Waals surface area contributed by atoms with Crippen molar-refractivity contribution in [3.05, 3.63) is 260 Å². The van der Waals surface area contributed by atoms with Crippen molar-refractivity contribution in [1.29, 1.82) is 0 Å². The van der Waals surface area contributed by atoms with E-state index in [1.165, 1.54) is 6.07 Å². The minimum Gasteiger partial charge on any atom is -0.497 e. The number of fused-ring (bicyclic) bond motifs is 5. The summed E-state index contributed by atoms with van der Waals surface area (Å²) in [6, 6.07) is 36.7. The third-order valence-corrected chi connectivity index (χ3v) is 23.1. The number of halogens is 2. The van der Waals surface area contributed by atoms with Crippen molar-refractivity contribution in [3.63, 3.8) is 0 Å². The maximum Gasteiger partial charge on any atom is 0.228 e. The molecule has 130 heavy (non-hydrogen) atoms. The lowest BCUT2D eigenvalue weighted by atomic mass is 10.1. The van der Waals surface area contributed by atoms with E-state index in [0.29, 0.717) is 126 Å². The molecule has 34 heteroatoms. The van der Waals surface area contributed by atoms with Gasteiger partial charge in [0.15, 0.2) is 34.1 Å². The first-order valence-electron chi connectivity index (χ1n) is 43.6. The van der Waals surface area contributed by atoms with Crippen molar-refractivity contribution in [3.8, 4) is 23.0 Å². The van der Waals surface area contributed by atoms with Crippen molar-refractivity contribution < 1.29 is 42.5 Å². The molecule has 32 nitrogen and oxygen atoms in total. The zero-order valence-electron chi connectivity index (χ0n) is 72.4. The topological polar surface area (TPSA) is 370 Å². The van der Waals surface area contributed by atoms with Gasteiger partial charge in [0.25, 0.3) is 0 Å². The standard InChI is InChI=1S/C25H26N6O3.C25H28N6O2.C24H26N6O2.C22H20BrFN6O/c1-15-17(11-24(32)28-15)10-18-14-27-31-23(29-19-4-5-19)12-22(30-25(18)31)26-13-16-3-6-20-21(9-16)34-8-2-7-33-20;1-15(2)33-21-6-4-5-17(9-21)13-26-22-12-23(29-20-7-8-20)31-25(30-22)19(14-27-31)10-18-11-24(32)28-16(18)3;1-14(16-5-4-6-20(10-16)32-3)26-21-12-22(28-19-7-8-19)30-24(29-21)18(13-25-30)9-17-11-23(31)27-15(17)2;1-12-14(7-21(31)27-12)6-15-11-26-30-20(28-17-4-5-17)9-19(29-22(15)30)25-10-13-2-3-16(23)8-18(13)24/h3,6,9-10,12,14,19,29H,1-2,4-5,7-8,11,13H2,(H,26,30)(H,28,32);4-6,9-10,12,14-15,20,29H,3,7-8,11,13H2,1-2H3,(H,26,30)(H,28,32);4-6,9-10,12-14,19,28H,2,7-8,11H2,1,3H3,(H,26,29)(H,27,31);2-3,6,8-9,11,17,28H,1,4-5,7,10H2,(H,25,29)(H,27,31)/b17-10+;18-10+;17-9+;14-6+/t;;14-;/m..0./s1. The van der Waals surface area contributed by atoms with Gasteiger partial charge in [0.2, 0.25) is 23.6 Å². The lowest BCUT2D eigenvalue weighted by Crippen LogP contribution is -2.12. The number of nitrogens with zero attached hydrogens (tertiary/aromatic N) is 12. The molecule has 5 aliphatic heterocycles. The Morgan fingerprint density at radius 2 is 0.862 bits per heavy atom. The van der Waals surface area contributed by atoms with Gasteiger partial charge in [0.05, 0.1) is 82.9 Å². The largest absolute Gasteiger partial charge is 0.497 e. The number of anilines is 8. The number of hydrogen-bond donors (Lipinski definition) is 12. The number of methoxy groups -OCH3 is 1. The summed E-state index contributed by atoms with van der Waals surface area (Å²) in [5, 5.41) is 56.9. The molecule has 0 bridgehead atoms. The summed E-state index contributed by atoms with van der Waals surface area (Å²) < 4.78 is 44.8. The zero-order valence-corrected chi connectivity index (χ0v) is 74.0. The smallest absolute Gasteiger partial charge is 0.228 e. The predicted octanol–water partition coefficient (Wildman–Crippen LogP) is 15.8. The van der Waals surface area contributed by atoms with Crippen molar-refractivity contribution in [1.82, 2.24) is 79.7 Å². The lowest BCUT2D eigenvalue weighted by molar-refractivity contribution is -0.119. The van der Waals surface area contributed by atoms with Crippen LogP contribution in [0.2, 0.25) is 0 Å². The Labute approximate surface area is 757 Å². The summed E-state index contributed by atoms with van der Waals surface area (Å²) in [6.45, 7) is 24.7. The van der Waals surface area contributed by atoms with Gasteiger partial charge in [0.1, 0.15) is 63.9 Å². The Bertz CT molecular complexity index is 6640. The van der Waals surface area contributed by atoms with E-state index in [1.54, 1.807) is 42.5 Å². The first-order valence-corrected chi connectivity index (χ1v) is 44.4. The number of rotatable bonds is 27. The van der Waals surface area contributed by atoms with Crippen molar-refractivity contribution in [2.24, 2.45) is 0 Å². The molecule has 12 N–H and O–H groups in total. The third-order valence-electron chi connectivity index (χ3n) is 22.6. The summed E-state index contributed by atoms with van der Waals surface area (Å²) in [7, 11) is 1.67. The van der Waals surface area contributed by atoms with Crippen LogP contribution in [0.3, 0.4) is 0 Å². The van der Waals surface area contributed by atoms with Crippen LogP contribution in [0.5, 0.6) is 23.0 Å². The summed E-state index contributed by atoms with van der Waals surface area (Å²) >= 11 is 3.28. The van der Waals surface area contributed by atoms with Gasteiger partial charge in [-0.05, 0) is 184 Å². The number of benzene rings is 4. The molecule has 0 unspecified atom stereocenters. The highest BCUT2D eigenvalue weighted by atomic mass is 79.9. The Kier molecular flexibility index (Phi) is 24.9. The average Bonchev–Trinajstić information content (AvgIpc) is 1.65. The number of amides is 4. The highest BCUT2D eigenvalue weighted by molar-refractivity contribution is 9.10. The molecule has 4 aliphatic carbocycles. The lowest BCUT2D eigenvalue weighted by Gasteiger charge is -2.17. The summed E-state index contributed by atoms with van der Waals surface area (Å²) in [6.07, 6.45) is 26.1. The molecule has 8 fully saturated rings. The van der Waals surface area contributed by atoms with E-state index in [2.05, 4.69) is 145 Å². The molecule has 9 aliphatic rings. The molecule has 21 rings (SSSR count). The van der Waals surface area contributed by atoms with E-state index >= 15 is 0 Å². The van der Waals surface area contributed by atoms with Gasteiger partial charge in [-0.1, -0.05) is 78.6 Å². The highest BCUT2D eigenvalue weighted by Gasteiger charge is 2.31. The van der Waals surface area contributed by atoms with Crippen LogP contribution in [0.15, 0.2) is 210 Å². The minimum absolute atomic E-state index is 0.0231. The molecule has 4 saturated carbocycles. The monoisotopic (exact) mass is 1810 g/mol. The zero-order chi connectivity index (χ0) is 89.8. The van der Waals surface area contributed by atoms with Crippen LogP contribution in [-0.2, 0) is 38.8 Å². The van der Waals surface area contributed by atoms with Crippen LogP contribution in [0.4, 0.5) is 50.9 Å². The van der Waals surface area contributed by atoms with Crippen LogP contribution >= 0.6 is 15.9 Å². The van der Waals surface area contributed by atoms with E-state index in [4.69, 9.17) is 38.9 Å². The van der Waals surface area contributed by atoms with Crippen LogP contribution in [0, 0.1) is 5.82 Å². The number of nitrogens with one attached hydrogen (secondary N) is 12. The maximum absolute atomic E-state index is 14.2. The van der Waals surface area contributed by atoms with Crippen LogP contribution in [0.1, 0.15) is 155 Å². The first kappa shape index (κ1) is 85.9. The number of carbonyl (C=O) groups is 4. The predicted molar refractivity (Wildman–Crippen MR) is 503 cm³/mol. The molecule has 12 aromatic rings. The minimum atomic E-state index is -0.286. The fraction of sp³-hybridized carbons (Fsp3) is 0.292. The molecule has 0 radical (unpaired) electrons. The summed E-state index contributed by atoms with van der Waals surface area (Å²) in [5.41, 5.74) is 15.8. The fourth-order valence-electron chi connectivity index (χ4n) is 15.2. The van der Waals surface area contributed by atoms with Crippen LogP contribution in [0.25, 0.3) is 46.9 Å².